The molecule has 1 N–H and O–H groups in total. The molecule has 0 amide bonds. The van der Waals surface area contributed by atoms with Crippen LogP contribution in [-0.2, 0) is 0 Å². The van der Waals surface area contributed by atoms with Gasteiger partial charge in [-0.2, -0.15) is 5.26 Å². The van der Waals surface area contributed by atoms with Crippen LogP contribution in [-0.4, -0.2) is 36.6 Å². The number of hydrogen-bond donors (Lipinski definition) is 1. The SMILES string of the molecule is CCCCN(CC)CCCC(C#N)(CC)NCCC. The summed E-state index contributed by atoms with van der Waals surface area (Å²) in [4.78, 5) is 2.50. The van der Waals surface area contributed by atoms with Crippen LogP contribution in [0, 0.1) is 11.3 Å². The third-order valence-electron chi connectivity index (χ3n) is 3.88. The Morgan fingerprint density at radius 1 is 1.05 bits per heavy atom. The number of unbranched alkanes of at least 4 members (excludes halogenated alkanes) is 1. The Morgan fingerprint density at radius 3 is 2.21 bits per heavy atom. The van der Waals surface area contributed by atoms with Gasteiger partial charge in [0.25, 0.3) is 0 Å². The molecule has 0 aromatic carbocycles. The van der Waals surface area contributed by atoms with Crippen molar-refractivity contribution < 1.29 is 0 Å². The Balaban J connectivity index is 4.13. The third-order valence-corrected chi connectivity index (χ3v) is 3.88. The average Bonchev–Trinajstić information content (AvgIpc) is 2.46. The average molecular weight is 267 g/mol. The van der Waals surface area contributed by atoms with E-state index in [9.17, 15) is 5.26 Å². The molecule has 0 bridgehead atoms. The molecule has 0 aromatic rings. The maximum Gasteiger partial charge on any atom is 0.106 e. The van der Waals surface area contributed by atoms with Gasteiger partial charge in [0.1, 0.15) is 5.54 Å². The lowest BCUT2D eigenvalue weighted by Gasteiger charge is -2.28. The summed E-state index contributed by atoms with van der Waals surface area (Å²) >= 11 is 0. The third kappa shape index (κ3) is 7.54. The molecule has 0 fully saturated rings. The molecule has 0 saturated carbocycles. The Kier molecular flexibility index (Phi) is 10.9. The van der Waals surface area contributed by atoms with Crippen molar-refractivity contribution in [3.63, 3.8) is 0 Å². The van der Waals surface area contributed by atoms with Crippen molar-refractivity contribution in [3.05, 3.63) is 0 Å². The summed E-state index contributed by atoms with van der Waals surface area (Å²) in [7, 11) is 0. The van der Waals surface area contributed by atoms with E-state index in [2.05, 4.69) is 44.0 Å². The molecule has 0 rings (SSSR count). The lowest BCUT2D eigenvalue weighted by atomic mass is 9.91. The summed E-state index contributed by atoms with van der Waals surface area (Å²) in [5, 5.41) is 12.9. The zero-order chi connectivity index (χ0) is 14.6. The van der Waals surface area contributed by atoms with Gasteiger partial charge in [-0.1, -0.05) is 34.1 Å². The molecule has 0 heterocycles. The quantitative estimate of drug-likeness (QED) is 0.587. The van der Waals surface area contributed by atoms with Gasteiger partial charge in [-0.3, -0.25) is 5.32 Å². The van der Waals surface area contributed by atoms with E-state index in [0.717, 1.165) is 45.3 Å². The Bertz CT molecular complexity index is 247. The topological polar surface area (TPSA) is 39.1 Å². The minimum Gasteiger partial charge on any atom is -0.304 e. The molecule has 0 aliphatic rings. The number of nitrogens with zero attached hydrogens (tertiary/aromatic N) is 2. The van der Waals surface area contributed by atoms with Gasteiger partial charge in [0.15, 0.2) is 0 Å². The fourth-order valence-electron chi connectivity index (χ4n) is 2.34. The molecule has 0 aliphatic heterocycles. The summed E-state index contributed by atoms with van der Waals surface area (Å²) in [6.45, 7) is 13.1. The maximum absolute atomic E-state index is 9.44. The predicted molar refractivity (Wildman–Crippen MR) is 83.2 cm³/mol. The predicted octanol–water partition coefficient (Wildman–Crippen LogP) is 3.56. The van der Waals surface area contributed by atoms with Gasteiger partial charge in [-0.05, 0) is 58.3 Å². The van der Waals surface area contributed by atoms with E-state index in [-0.39, 0.29) is 5.54 Å². The molecule has 0 radical (unpaired) electrons. The smallest absolute Gasteiger partial charge is 0.106 e. The van der Waals surface area contributed by atoms with Gasteiger partial charge in [0.05, 0.1) is 6.07 Å². The maximum atomic E-state index is 9.44. The van der Waals surface area contributed by atoms with Crippen molar-refractivity contribution in [1.29, 1.82) is 5.26 Å². The van der Waals surface area contributed by atoms with Crippen LogP contribution in [0.2, 0.25) is 0 Å². The molecule has 0 saturated heterocycles. The van der Waals surface area contributed by atoms with Crippen LogP contribution in [0.3, 0.4) is 0 Å². The fourth-order valence-corrected chi connectivity index (χ4v) is 2.34. The van der Waals surface area contributed by atoms with Gasteiger partial charge in [-0.15, -0.1) is 0 Å². The van der Waals surface area contributed by atoms with E-state index in [0.29, 0.717) is 0 Å². The van der Waals surface area contributed by atoms with Crippen molar-refractivity contribution in [3.8, 4) is 6.07 Å². The Morgan fingerprint density at radius 2 is 1.74 bits per heavy atom. The van der Waals surface area contributed by atoms with E-state index in [1.165, 1.54) is 19.4 Å². The van der Waals surface area contributed by atoms with Crippen molar-refractivity contribution in [1.82, 2.24) is 10.2 Å². The normalized spacial score (nSPS) is 14.3. The van der Waals surface area contributed by atoms with Crippen LogP contribution in [0.15, 0.2) is 0 Å². The molecule has 3 nitrogen and oxygen atoms in total. The minimum atomic E-state index is -0.305. The van der Waals surface area contributed by atoms with E-state index < -0.39 is 0 Å². The van der Waals surface area contributed by atoms with Gasteiger partial charge < -0.3 is 4.90 Å². The Hall–Kier alpha value is -0.590. The number of rotatable bonds is 12. The largest absolute Gasteiger partial charge is 0.304 e. The monoisotopic (exact) mass is 267 g/mol. The van der Waals surface area contributed by atoms with Gasteiger partial charge in [0.2, 0.25) is 0 Å². The van der Waals surface area contributed by atoms with Crippen LogP contribution in [0.4, 0.5) is 0 Å². The highest BCUT2D eigenvalue weighted by molar-refractivity contribution is 5.06. The van der Waals surface area contributed by atoms with Crippen LogP contribution in [0.5, 0.6) is 0 Å². The van der Waals surface area contributed by atoms with Crippen LogP contribution < -0.4 is 5.32 Å². The number of hydrogen-bond acceptors (Lipinski definition) is 3. The highest BCUT2D eigenvalue weighted by atomic mass is 15.1. The lowest BCUT2D eigenvalue weighted by Crippen LogP contribution is -2.44. The first-order valence-electron chi connectivity index (χ1n) is 8.06. The molecule has 0 spiro atoms. The minimum absolute atomic E-state index is 0.305. The summed E-state index contributed by atoms with van der Waals surface area (Å²) < 4.78 is 0. The van der Waals surface area contributed by atoms with Gasteiger partial charge >= 0.3 is 0 Å². The second-order valence-corrected chi connectivity index (χ2v) is 5.37. The molecular formula is C16H33N3. The van der Waals surface area contributed by atoms with Crippen molar-refractivity contribution in [2.45, 2.75) is 71.8 Å². The van der Waals surface area contributed by atoms with Crippen LogP contribution in [0.1, 0.15) is 66.2 Å². The van der Waals surface area contributed by atoms with E-state index in [1.54, 1.807) is 0 Å². The highest BCUT2D eigenvalue weighted by Crippen LogP contribution is 2.17. The summed E-state index contributed by atoms with van der Waals surface area (Å²) in [6.07, 6.45) is 6.58. The molecule has 3 heteroatoms. The molecule has 19 heavy (non-hydrogen) atoms. The zero-order valence-electron chi connectivity index (χ0n) is 13.5. The number of nitriles is 1. The molecule has 1 unspecified atom stereocenters. The lowest BCUT2D eigenvalue weighted by molar-refractivity contribution is 0.260. The first-order chi connectivity index (χ1) is 9.17. The summed E-state index contributed by atoms with van der Waals surface area (Å²) in [5.41, 5.74) is -0.305. The van der Waals surface area contributed by atoms with Crippen molar-refractivity contribution in [2.75, 3.05) is 26.2 Å². The van der Waals surface area contributed by atoms with Gasteiger partial charge in [0, 0.05) is 0 Å². The fraction of sp³-hybridized carbons (Fsp3) is 0.938. The van der Waals surface area contributed by atoms with Crippen molar-refractivity contribution in [2.24, 2.45) is 0 Å². The summed E-state index contributed by atoms with van der Waals surface area (Å²) in [5.74, 6) is 0. The molecule has 1 atom stereocenters. The van der Waals surface area contributed by atoms with Crippen LogP contribution in [0.25, 0.3) is 0 Å². The molecule has 0 aliphatic carbocycles. The first kappa shape index (κ1) is 18.4. The Labute approximate surface area is 120 Å². The van der Waals surface area contributed by atoms with Crippen LogP contribution >= 0.6 is 0 Å². The van der Waals surface area contributed by atoms with E-state index in [1.807, 2.05) is 0 Å². The molecule has 0 aromatic heterocycles. The number of nitrogens with one attached hydrogen (secondary N) is 1. The standard InChI is InChI=1S/C16H33N3/c1-5-9-13-19(8-4)14-10-11-16(7-3,15-17)18-12-6-2/h18H,5-14H2,1-4H3. The second kappa shape index (κ2) is 11.3. The molecular weight excluding hydrogens is 234 g/mol. The highest BCUT2D eigenvalue weighted by Gasteiger charge is 2.26. The van der Waals surface area contributed by atoms with E-state index >= 15 is 0 Å². The summed E-state index contributed by atoms with van der Waals surface area (Å²) in [6, 6.07) is 2.51. The second-order valence-electron chi connectivity index (χ2n) is 5.37. The molecule has 112 valence electrons. The van der Waals surface area contributed by atoms with E-state index in [4.69, 9.17) is 0 Å². The zero-order valence-corrected chi connectivity index (χ0v) is 13.5. The van der Waals surface area contributed by atoms with Gasteiger partial charge in [-0.25, -0.2) is 0 Å². The van der Waals surface area contributed by atoms with Crippen molar-refractivity contribution >= 4 is 0 Å². The first-order valence-corrected chi connectivity index (χ1v) is 8.06.